The van der Waals surface area contributed by atoms with Crippen LogP contribution in [0.15, 0.2) is 51.5 Å². The number of fused-ring (bicyclic) bond motifs is 2. The van der Waals surface area contributed by atoms with Crippen LogP contribution in [0, 0.1) is 0 Å². The Hall–Kier alpha value is -2.98. The number of halogens is 1. The second kappa shape index (κ2) is 6.82. The number of aromatic hydroxyl groups is 2. The summed E-state index contributed by atoms with van der Waals surface area (Å²) in [4.78, 5) is 17.0. The largest absolute Gasteiger partial charge is 0.494 e. The van der Waals surface area contributed by atoms with Gasteiger partial charge in [0.25, 0.3) is 10.0 Å². The fraction of sp³-hybridized carbons (Fsp3) is 0.105. The van der Waals surface area contributed by atoms with Gasteiger partial charge in [-0.15, -0.1) is 0 Å². The quantitative estimate of drug-likeness (QED) is 0.469. The van der Waals surface area contributed by atoms with Crippen LogP contribution in [0.3, 0.4) is 0 Å². The minimum atomic E-state index is -3.87. The van der Waals surface area contributed by atoms with Crippen LogP contribution in [0.4, 0.5) is 0 Å². The predicted octanol–water partition coefficient (Wildman–Crippen LogP) is 2.45. The first-order valence-corrected chi connectivity index (χ1v) is 11.0. The van der Waals surface area contributed by atoms with Gasteiger partial charge in [-0.2, -0.15) is 4.40 Å². The predicted molar refractivity (Wildman–Crippen MR) is 109 cm³/mol. The maximum atomic E-state index is 13.0. The molecule has 0 spiro atoms. The summed E-state index contributed by atoms with van der Waals surface area (Å²) in [6.07, 6.45) is 2.29. The van der Waals surface area contributed by atoms with Crippen molar-refractivity contribution < 1.29 is 23.4 Å². The van der Waals surface area contributed by atoms with Crippen molar-refractivity contribution in [1.82, 2.24) is 9.55 Å². The van der Waals surface area contributed by atoms with Crippen LogP contribution in [0.2, 0.25) is 0 Å². The number of hydrogen-bond donors (Lipinski definition) is 2. The van der Waals surface area contributed by atoms with Gasteiger partial charge in [-0.3, -0.25) is 14.3 Å². The zero-order valence-electron chi connectivity index (χ0n) is 15.0. The van der Waals surface area contributed by atoms with E-state index in [1.54, 1.807) is 18.2 Å². The third-order valence-electron chi connectivity index (χ3n) is 4.44. The highest BCUT2D eigenvalue weighted by molar-refractivity contribution is 9.10. The van der Waals surface area contributed by atoms with Gasteiger partial charge < -0.3 is 10.2 Å². The van der Waals surface area contributed by atoms with Gasteiger partial charge in [0.1, 0.15) is 5.69 Å². The number of carbonyl (C=O) groups is 1. The molecule has 0 radical (unpaired) electrons. The molecule has 1 aliphatic carbocycles. The van der Waals surface area contributed by atoms with Crippen molar-refractivity contribution in [2.24, 2.45) is 4.40 Å². The number of carbonyl (C=O) groups excluding carboxylic acids is 1. The highest BCUT2D eigenvalue weighted by Crippen LogP contribution is 2.41. The van der Waals surface area contributed by atoms with Crippen molar-refractivity contribution in [3.05, 3.63) is 75.0 Å². The Labute approximate surface area is 174 Å². The smallest absolute Gasteiger partial charge is 0.250 e. The third kappa shape index (κ3) is 3.34. The van der Waals surface area contributed by atoms with Crippen LogP contribution < -0.4 is 0 Å². The number of aromatic nitrogens is 2. The summed E-state index contributed by atoms with van der Waals surface area (Å²) >= 11 is 3.36. The minimum Gasteiger partial charge on any atom is -0.494 e. The molecule has 3 aromatic rings. The molecule has 0 fully saturated rings. The van der Waals surface area contributed by atoms with E-state index in [4.69, 9.17) is 0 Å². The third-order valence-corrected chi connectivity index (χ3v) is 5.44. The number of benzene rings is 1. The number of hydrogen-bond acceptors (Lipinski definition) is 6. The van der Waals surface area contributed by atoms with E-state index in [0.29, 0.717) is 0 Å². The average molecular weight is 476 g/mol. The van der Waals surface area contributed by atoms with E-state index in [2.05, 4.69) is 25.3 Å². The second-order valence-corrected chi connectivity index (χ2v) is 9.08. The summed E-state index contributed by atoms with van der Waals surface area (Å²) in [5.74, 6) is -1.56. The molecule has 2 aromatic heterocycles. The van der Waals surface area contributed by atoms with Crippen molar-refractivity contribution in [2.45, 2.75) is 6.54 Å². The summed E-state index contributed by atoms with van der Waals surface area (Å²) in [5, 5.41) is 21.6. The van der Waals surface area contributed by atoms with Gasteiger partial charge in [0.05, 0.1) is 29.6 Å². The summed E-state index contributed by atoms with van der Waals surface area (Å²) in [6, 6.07) is 10.2. The Kier molecular flexibility index (Phi) is 4.55. The number of pyridine rings is 1. The molecule has 0 aliphatic heterocycles. The average Bonchev–Trinajstić information content (AvgIpc) is 2.89. The Morgan fingerprint density at radius 2 is 1.86 bits per heavy atom. The molecule has 1 aliphatic rings. The zero-order valence-corrected chi connectivity index (χ0v) is 17.4. The molecular weight excluding hydrogens is 462 g/mol. The van der Waals surface area contributed by atoms with Crippen LogP contribution in [0.25, 0.3) is 0 Å². The molecule has 0 unspecified atom stereocenters. The van der Waals surface area contributed by atoms with E-state index in [-0.39, 0.29) is 34.6 Å². The maximum Gasteiger partial charge on any atom is 0.250 e. The molecule has 1 aromatic carbocycles. The molecule has 2 heterocycles. The van der Waals surface area contributed by atoms with Gasteiger partial charge in [-0.1, -0.05) is 28.1 Å². The monoisotopic (exact) mass is 475 g/mol. The second-order valence-electron chi connectivity index (χ2n) is 6.51. The summed E-state index contributed by atoms with van der Waals surface area (Å²) in [6.45, 7) is 0.0489. The van der Waals surface area contributed by atoms with Gasteiger partial charge in [0.15, 0.2) is 0 Å². The molecule has 4 rings (SSSR count). The summed E-state index contributed by atoms with van der Waals surface area (Å²) in [5.41, 5.74) is 0.371. The molecule has 0 atom stereocenters. The molecular formula is C19H14BrN3O5S. The van der Waals surface area contributed by atoms with E-state index in [1.165, 1.54) is 18.3 Å². The van der Waals surface area contributed by atoms with Crippen LogP contribution in [-0.2, 0) is 16.6 Å². The van der Waals surface area contributed by atoms with Crippen LogP contribution in [-0.4, -0.2) is 45.9 Å². The zero-order chi connectivity index (χ0) is 20.9. The number of sulfonamides is 1. The molecule has 2 N–H and O–H groups in total. The van der Waals surface area contributed by atoms with Crippen LogP contribution in [0.1, 0.15) is 32.7 Å². The standard InChI is InChI=1S/C19H14BrN3O5S/c1-29(27,28)22-15-12-6-3-7-21-16(12)17(24)14-13(15)18(25)23(19(14)26)9-10-4-2-5-11(20)8-10/h2-8,25-26H,9H2,1H3. The first-order chi connectivity index (χ1) is 13.7. The van der Waals surface area contributed by atoms with Gasteiger partial charge in [0, 0.05) is 16.2 Å². The molecule has 0 amide bonds. The SMILES string of the molecule is CS(=O)(=O)N=C1c2cccnc2C(=O)c2c1c(O)n(Cc1cccc(Br)c1)c2O. The first-order valence-electron chi connectivity index (χ1n) is 8.36. The topological polar surface area (TPSA) is 122 Å². The summed E-state index contributed by atoms with van der Waals surface area (Å²) in [7, 11) is -3.87. The van der Waals surface area contributed by atoms with Gasteiger partial charge in [0.2, 0.25) is 17.5 Å². The lowest BCUT2D eigenvalue weighted by Gasteiger charge is -2.16. The molecule has 0 saturated carbocycles. The lowest BCUT2D eigenvalue weighted by Crippen LogP contribution is -2.22. The van der Waals surface area contributed by atoms with Crippen molar-refractivity contribution in [2.75, 3.05) is 6.26 Å². The fourth-order valence-electron chi connectivity index (χ4n) is 3.29. The van der Waals surface area contributed by atoms with Crippen molar-refractivity contribution in [3.63, 3.8) is 0 Å². The molecule has 0 saturated heterocycles. The fourth-order valence-corrected chi connectivity index (χ4v) is 4.26. The highest BCUT2D eigenvalue weighted by Gasteiger charge is 2.38. The van der Waals surface area contributed by atoms with Crippen molar-refractivity contribution in [3.8, 4) is 11.8 Å². The maximum absolute atomic E-state index is 13.0. The highest BCUT2D eigenvalue weighted by atomic mass is 79.9. The molecule has 0 bridgehead atoms. The lowest BCUT2D eigenvalue weighted by atomic mass is 9.89. The van der Waals surface area contributed by atoms with Crippen LogP contribution in [0.5, 0.6) is 11.8 Å². The van der Waals surface area contributed by atoms with Gasteiger partial charge in [-0.05, 0) is 29.8 Å². The number of nitrogens with zero attached hydrogens (tertiary/aromatic N) is 3. The number of rotatable bonds is 3. The number of ketones is 1. The molecule has 148 valence electrons. The van der Waals surface area contributed by atoms with Crippen molar-refractivity contribution >= 4 is 37.4 Å². The van der Waals surface area contributed by atoms with E-state index in [9.17, 15) is 23.4 Å². The van der Waals surface area contributed by atoms with E-state index in [1.807, 2.05) is 6.07 Å². The van der Waals surface area contributed by atoms with E-state index in [0.717, 1.165) is 20.9 Å². The molecule has 10 heteroatoms. The Morgan fingerprint density at radius 1 is 1.14 bits per heavy atom. The Bertz CT molecular complexity index is 1310. The van der Waals surface area contributed by atoms with Crippen LogP contribution >= 0.6 is 15.9 Å². The van der Waals surface area contributed by atoms with Gasteiger partial charge in [-0.25, -0.2) is 8.42 Å². The molecule has 8 nitrogen and oxygen atoms in total. The summed E-state index contributed by atoms with van der Waals surface area (Å²) < 4.78 is 29.4. The van der Waals surface area contributed by atoms with E-state index < -0.39 is 27.6 Å². The van der Waals surface area contributed by atoms with Crippen molar-refractivity contribution in [1.29, 1.82) is 0 Å². The minimum absolute atomic E-state index is 0.0442. The lowest BCUT2D eigenvalue weighted by molar-refractivity contribution is 0.103. The Balaban J connectivity index is 1.99. The normalized spacial score (nSPS) is 14.7. The Morgan fingerprint density at radius 3 is 2.55 bits per heavy atom. The van der Waals surface area contributed by atoms with Gasteiger partial charge >= 0.3 is 0 Å². The first kappa shape index (κ1) is 19.3. The van der Waals surface area contributed by atoms with E-state index >= 15 is 0 Å². The molecule has 29 heavy (non-hydrogen) atoms.